The summed E-state index contributed by atoms with van der Waals surface area (Å²) in [6, 6.07) is 13.2. The van der Waals surface area contributed by atoms with Gasteiger partial charge >= 0.3 is 0 Å². The number of amides is 2. The fourth-order valence-electron chi connectivity index (χ4n) is 4.00. The molecule has 4 rings (SSSR count). The third-order valence-corrected chi connectivity index (χ3v) is 5.71. The molecule has 2 aromatic carbocycles. The van der Waals surface area contributed by atoms with Gasteiger partial charge in [0.1, 0.15) is 0 Å². The van der Waals surface area contributed by atoms with Gasteiger partial charge in [-0.05, 0) is 41.8 Å². The molecular formula is C21H23Cl2N3O2. The lowest BCUT2D eigenvalue weighted by atomic mass is 10.0. The first-order valence-electron chi connectivity index (χ1n) is 9.23. The van der Waals surface area contributed by atoms with Gasteiger partial charge in [-0.25, -0.2) is 0 Å². The molecule has 1 fully saturated rings. The summed E-state index contributed by atoms with van der Waals surface area (Å²) in [5.74, 6) is 0.0409. The number of carbonyl (C=O) groups is 2. The summed E-state index contributed by atoms with van der Waals surface area (Å²) in [6.07, 6.45) is 0.783. The maximum absolute atomic E-state index is 13.3. The van der Waals surface area contributed by atoms with Crippen LogP contribution in [-0.4, -0.2) is 42.9 Å². The van der Waals surface area contributed by atoms with Crippen molar-refractivity contribution in [1.82, 2.24) is 10.2 Å². The number of fused-ring (bicyclic) bond motifs is 1. The van der Waals surface area contributed by atoms with Crippen LogP contribution in [0.5, 0.6) is 0 Å². The van der Waals surface area contributed by atoms with Crippen LogP contribution in [0.3, 0.4) is 0 Å². The first kappa shape index (κ1) is 20.6. The van der Waals surface area contributed by atoms with E-state index in [1.165, 1.54) is 0 Å². The topological polar surface area (TPSA) is 52.7 Å². The largest absolute Gasteiger partial charge is 0.329 e. The number of halogens is 2. The number of benzene rings is 2. The minimum atomic E-state index is -0.0954. The zero-order valence-corrected chi connectivity index (χ0v) is 17.2. The minimum absolute atomic E-state index is 0. The highest BCUT2D eigenvalue weighted by atomic mass is 35.5. The van der Waals surface area contributed by atoms with Crippen molar-refractivity contribution >= 4 is 41.5 Å². The van der Waals surface area contributed by atoms with Crippen molar-refractivity contribution in [3.05, 3.63) is 64.2 Å². The zero-order chi connectivity index (χ0) is 19.0. The molecule has 2 aromatic rings. The summed E-state index contributed by atoms with van der Waals surface area (Å²) >= 11 is 6.39. The second-order valence-electron chi connectivity index (χ2n) is 7.00. The second-order valence-corrected chi connectivity index (χ2v) is 7.41. The van der Waals surface area contributed by atoms with Crippen LogP contribution < -0.4 is 10.2 Å². The Morgan fingerprint density at radius 2 is 1.93 bits per heavy atom. The molecule has 0 aromatic heterocycles. The van der Waals surface area contributed by atoms with Crippen LogP contribution in [0.2, 0.25) is 5.02 Å². The van der Waals surface area contributed by atoms with Crippen LogP contribution in [0.15, 0.2) is 42.5 Å². The van der Waals surface area contributed by atoms with Gasteiger partial charge in [0.25, 0.3) is 5.91 Å². The molecule has 2 aliphatic heterocycles. The number of rotatable bonds is 2. The molecule has 0 spiro atoms. The van der Waals surface area contributed by atoms with Gasteiger partial charge in [-0.1, -0.05) is 29.8 Å². The number of carbonyl (C=O) groups excluding carboxylic acids is 2. The van der Waals surface area contributed by atoms with E-state index in [2.05, 4.69) is 5.32 Å². The van der Waals surface area contributed by atoms with E-state index in [-0.39, 0.29) is 30.3 Å². The SMILES string of the molecule is CC(=O)N1CCc2cc(C(=O)N3CCNCC3c3ccccc3Cl)ccc21.Cl. The van der Waals surface area contributed by atoms with E-state index >= 15 is 0 Å². The van der Waals surface area contributed by atoms with Crippen molar-refractivity contribution < 1.29 is 9.59 Å². The van der Waals surface area contributed by atoms with Crippen molar-refractivity contribution in [3.63, 3.8) is 0 Å². The first-order valence-corrected chi connectivity index (χ1v) is 9.61. The fraction of sp³-hybridized carbons (Fsp3) is 0.333. The maximum Gasteiger partial charge on any atom is 0.254 e. The Bertz CT molecular complexity index is 903. The van der Waals surface area contributed by atoms with Gasteiger partial charge in [0, 0.05) is 49.4 Å². The molecule has 0 bridgehead atoms. The Morgan fingerprint density at radius 3 is 2.68 bits per heavy atom. The smallest absolute Gasteiger partial charge is 0.254 e. The summed E-state index contributed by atoms with van der Waals surface area (Å²) in [6.45, 7) is 4.32. The molecule has 2 amide bonds. The molecule has 5 nitrogen and oxygen atoms in total. The van der Waals surface area contributed by atoms with E-state index in [9.17, 15) is 9.59 Å². The molecule has 0 saturated carbocycles. The van der Waals surface area contributed by atoms with Crippen LogP contribution in [0, 0.1) is 0 Å². The Balaban J connectivity index is 0.00000225. The number of anilines is 1. The monoisotopic (exact) mass is 419 g/mol. The molecule has 148 valence electrons. The average Bonchev–Trinajstić information content (AvgIpc) is 3.11. The predicted molar refractivity (Wildman–Crippen MR) is 114 cm³/mol. The van der Waals surface area contributed by atoms with Gasteiger partial charge in [-0.2, -0.15) is 0 Å². The second kappa shape index (κ2) is 8.52. The number of hydrogen-bond donors (Lipinski definition) is 1. The Kier molecular flexibility index (Phi) is 6.28. The molecule has 1 atom stereocenters. The molecule has 7 heteroatoms. The van der Waals surface area contributed by atoms with Crippen LogP contribution in [-0.2, 0) is 11.2 Å². The standard InChI is InChI=1S/C21H22ClN3O2.ClH/c1-14(26)24-10-8-15-12-16(6-7-19(15)24)21(27)25-11-9-23-13-20(25)17-4-2-3-5-18(17)22;/h2-7,12,20,23H,8-11,13H2,1H3;1H. The lowest BCUT2D eigenvalue weighted by Gasteiger charge is -2.37. The Hall–Kier alpha value is -2.08. The molecule has 1 unspecified atom stereocenters. The average molecular weight is 420 g/mol. The lowest BCUT2D eigenvalue weighted by molar-refractivity contribution is -0.116. The molecule has 1 saturated heterocycles. The molecule has 28 heavy (non-hydrogen) atoms. The highest BCUT2D eigenvalue weighted by Gasteiger charge is 2.31. The third-order valence-electron chi connectivity index (χ3n) is 5.37. The molecular weight excluding hydrogens is 397 g/mol. The highest BCUT2D eigenvalue weighted by Crippen LogP contribution is 2.32. The van der Waals surface area contributed by atoms with Gasteiger partial charge in [0.2, 0.25) is 5.91 Å². The van der Waals surface area contributed by atoms with E-state index < -0.39 is 0 Å². The Labute approximate surface area is 176 Å². The van der Waals surface area contributed by atoms with E-state index in [0.29, 0.717) is 30.2 Å². The van der Waals surface area contributed by atoms with Crippen LogP contribution in [0.1, 0.15) is 34.5 Å². The van der Waals surface area contributed by atoms with Gasteiger partial charge in [-0.15, -0.1) is 12.4 Å². The maximum atomic E-state index is 13.3. The summed E-state index contributed by atoms with van der Waals surface area (Å²) in [7, 11) is 0. The molecule has 0 radical (unpaired) electrons. The molecule has 1 N–H and O–H groups in total. The number of nitrogens with zero attached hydrogens (tertiary/aromatic N) is 2. The van der Waals surface area contributed by atoms with Gasteiger partial charge in [0.05, 0.1) is 6.04 Å². The quantitative estimate of drug-likeness (QED) is 0.810. The van der Waals surface area contributed by atoms with Crippen molar-refractivity contribution in [3.8, 4) is 0 Å². The molecule has 0 aliphatic carbocycles. The molecule has 2 heterocycles. The van der Waals surface area contributed by atoms with E-state index in [0.717, 1.165) is 29.8 Å². The van der Waals surface area contributed by atoms with Gasteiger partial charge < -0.3 is 15.1 Å². The number of hydrogen-bond acceptors (Lipinski definition) is 3. The first-order chi connectivity index (χ1) is 13.1. The van der Waals surface area contributed by atoms with Crippen molar-refractivity contribution in [1.29, 1.82) is 0 Å². The zero-order valence-electron chi connectivity index (χ0n) is 15.7. The molecule has 2 aliphatic rings. The van der Waals surface area contributed by atoms with Crippen molar-refractivity contribution in [2.75, 3.05) is 31.1 Å². The van der Waals surface area contributed by atoms with Crippen LogP contribution >= 0.6 is 24.0 Å². The fourth-order valence-corrected chi connectivity index (χ4v) is 4.26. The highest BCUT2D eigenvalue weighted by molar-refractivity contribution is 6.31. The van der Waals surface area contributed by atoms with E-state index in [1.54, 1.807) is 11.8 Å². The summed E-state index contributed by atoms with van der Waals surface area (Å²) in [5.41, 5.74) is 3.60. The lowest BCUT2D eigenvalue weighted by Crippen LogP contribution is -2.48. The van der Waals surface area contributed by atoms with Crippen LogP contribution in [0.4, 0.5) is 5.69 Å². The number of piperazine rings is 1. The normalized spacial score (nSPS) is 18.4. The van der Waals surface area contributed by atoms with E-state index in [1.807, 2.05) is 47.4 Å². The Morgan fingerprint density at radius 1 is 1.14 bits per heavy atom. The van der Waals surface area contributed by atoms with Crippen molar-refractivity contribution in [2.45, 2.75) is 19.4 Å². The van der Waals surface area contributed by atoms with Gasteiger partial charge in [0.15, 0.2) is 0 Å². The number of nitrogens with one attached hydrogen (secondary N) is 1. The van der Waals surface area contributed by atoms with E-state index in [4.69, 9.17) is 11.6 Å². The van der Waals surface area contributed by atoms with Gasteiger partial charge in [-0.3, -0.25) is 9.59 Å². The summed E-state index contributed by atoms with van der Waals surface area (Å²) < 4.78 is 0. The summed E-state index contributed by atoms with van der Waals surface area (Å²) in [5, 5.41) is 4.04. The summed E-state index contributed by atoms with van der Waals surface area (Å²) in [4.78, 5) is 28.7. The minimum Gasteiger partial charge on any atom is -0.329 e. The third kappa shape index (κ3) is 3.75. The van der Waals surface area contributed by atoms with Crippen LogP contribution in [0.25, 0.3) is 0 Å². The van der Waals surface area contributed by atoms with Crippen molar-refractivity contribution in [2.24, 2.45) is 0 Å². The predicted octanol–water partition coefficient (Wildman–Crippen LogP) is 3.46.